The lowest BCUT2D eigenvalue weighted by Gasteiger charge is -2.20. The number of esters is 1. The van der Waals surface area contributed by atoms with E-state index in [-0.39, 0.29) is 11.9 Å². The third kappa shape index (κ3) is 7.13. The molecule has 5 nitrogen and oxygen atoms in total. The van der Waals surface area contributed by atoms with E-state index in [1.54, 1.807) is 13.8 Å². The second-order valence-corrected chi connectivity index (χ2v) is 6.42. The topological polar surface area (TPSA) is 64.6 Å². The van der Waals surface area contributed by atoms with Crippen molar-refractivity contribution in [2.24, 2.45) is 5.92 Å². The monoisotopic (exact) mass is 335 g/mol. The van der Waals surface area contributed by atoms with Gasteiger partial charge in [0.15, 0.2) is 12.2 Å². The third-order valence-corrected chi connectivity index (χ3v) is 3.72. The second kappa shape index (κ2) is 10.1. The van der Waals surface area contributed by atoms with Crippen LogP contribution in [0.5, 0.6) is 0 Å². The van der Waals surface area contributed by atoms with Crippen LogP contribution in [0.25, 0.3) is 0 Å². The Balaban J connectivity index is 2.41. The van der Waals surface area contributed by atoms with Gasteiger partial charge in [0.1, 0.15) is 0 Å². The van der Waals surface area contributed by atoms with Gasteiger partial charge in [0.2, 0.25) is 0 Å². The minimum atomic E-state index is -0.861. The summed E-state index contributed by atoms with van der Waals surface area (Å²) in [7, 11) is 0. The summed E-state index contributed by atoms with van der Waals surface area (Å²) in [5, 5.41) is 2.84. The molecule has 5 heteroatoms. The summed E-state index contributed by atoms with van der Waals surface area (Å²) >= 11 is 0. The number of rotatable bonds is 9. The fourth-order valence-electron chi connectivity index (χ4n) is 2.03. The van der Waals surface area contributed by atoms with Crippen molar-refractivity contribution in [1.82, 2.24) is 5.32 Å². The zero-order valence-corrected chi connectivity index (χ0v) is 15.2. The van der Waals surface area contributed by atoms with Gasteiger partial charge in [-0.3, -0.25) is 4.79 Å². The van der Waals surface area contributed by atoms with Crippen LogP contribution >= 0.6 is 0 Å². The first-order valence-corrected chi connectivity index (χ1v) is 8.48. The van der Waals surface area contributed by atoms with Crippen LogP contribution in [0.15, 0.2) is 30.3 Å². The van der Waals surface area contributed by atoms with E-state index in [0.29, 0.717) is 12.5 Å². The average molecular weight is 335 g/mol. The zero-order chi connectivity index (χ0) is 18.1. The van der Waals surface area contributed by atoms with Gasteiger partial charge in [-0.15, -0.1) is 0 Å². The first kappa shape index (κ1) is 20.2. The maximum Gasteiger partial charge on any atom is 0.335 e. The fraction of sp³-hybridized carbons (Fsp3) is 0.579. The van der Waals surface area contributed by atoms with Crippen LogP contribution in [0.4, 0.5) is 0 Å². The maximum atomic E-state index is 12.2. The van der Waals surface area contributed by atoms with E-state index in [4.69, 9.17) is 9.47 Å². The Morgan fingerprint density at radius 3 is 2.21 bits per heavy atom. The van der Waals surface area contributed by atoms with Crippen molar-refractivity contribution in [3.63, 3.8) is 0 Å². The predicted molar refractivity (Wildman–Crippen MR) is 93.4 cm³/mol. The molecule has 0 aromatic heterocycles. The van der Waals surface area contributed by atoms with E-state index in [1.165, 1.54) is 0 Å². The van der Waals surface area contributed by atoms with Gasteiger partial charge >= 0.3 is 5.97 Å². The molecule has 0 heterocycles. The van der Waals surface area contributed by atoms with Gasteiger partial charge in [0, 0.05) is 6.61 Å². The van der Waals surface area contributed by atoms with Crippen molar-refractivity contribution in [3.05, 3.63) is 35.9 Å². The number of amides is 1. The molecule has 1 amide bonds. The predicted octanol–water partition coefficient (Wildman–Crippen LogP) is 3.25. The van der Waals surface area contributed by atoms with Crippen molar-refractivity contribution in [2.75, 3.05) is 6.61 Å². The summed E-state index contributed by atoms with van der Waals surface area (Å²) in [5.41, 5.74) is 0.995. The summed E-state index contributed by atoms with van der Waals surface area (Å²) in [6, 6.07) is 9.47. The molecule has 0 spiro atoms. The van der Waals surface area contributed by atoms with E-state index in [1.807, 2.05) is 37.3 Å². The lowest BCUT2D eigenvalue weighted by atomic mass is 10.1. The van der Waals surface area contributed by atoms with Crippen LogP contribution in [-0.4, -0.2) is 30.7 Å². The Morgan fingerprint density at radius 1 is 1.00 bits per heavy atom. The van der Waals surface area contributed by atoms with Crippen molar-refractivity contribution in [3.8, 4) is 0 Å². The Labute approximate surface area is 144 Å². The molecule has 0 saturated heterocycles. The van der Waals surface area contributed by atoms with Crippen LogP contribution in [0.3, 0.4) is 0 Å². The molecule has 0 radical (unpaired) electrons. The highest BCUT2D eigenvalue weighted by molar-refractivity contribution is 5.84. The van der Waals surface area contributed by atoms with Gasteiger partial charge in [-0.25, -0.2) is 4.79 Å². The number of hydrogen-bond acceptors (Lipinski definition) is 4. The summed E-state index contributed by atoms with van der Waals surface area (Å²) in [6.07, 6.45) is -0.659. The van der Waals surface area contributed by atoms with Crippen LogP contribution in [0.1, 0.15) is 52.6 Å². The number of ether oxygens (including phenoxy) is 2. The van der Waals surface area contributed by atoms with Gasteiger partial charge in [-0.2, -0.15) is 0 Å². The van der Waals surface area contributed by atoms with Gasteiger partial charge in [-0.05, 0) is 38.7 Å². The molecular weight excluding hydrogens is 306 g/mol. The lowest BCUT2D eigenvalue weighted by Crippen LogP contribution is -2.39. The molecular formula is C19H29NO4. The molecule has 0 fully saturated rings. The second-order valence-electron chi connectivity index (χ2n) is 6.42. The number of carbonyl (C=O) groups excluding carboxylic acids is 2. The molecule has 1 rings (SSSR count). The number of nitrogens with one attached hydrogen (secondary N) is 1. The lowest BCUT2D eigenvalue weighted by molar-refractivity contribution is -0.165. The number of hydrogen-bond donors (Lipinski definition) is 1. The highest BCUT2D eigenvalue weighted by Crippen LogP contribution is 2.12. The Morgan fingerprint density at radius 2 is 1.62 bits per heavy atom. The van der Waals surface area contributed by atoms with Crippen LogP contribution < -0.4 is 5.32 Å². The normalized spacial score (nSPS) is 14.8. The molecule has 24 heavy (non-hydrogen) atoms. The Kier molecular flexibility index (Phi) is 8.47. The standard InChI is InChI=1S/C19H29NO4/c1-13(2)11-12-23-16(5)19(22)24-15(4)18(21)20-14(3)17-9-7-6-8-10-17/h6-10,13-16H,11-12H2,1-5H3,(H,20,21). The molecule has 1 N–H and O–H groups in total. The summed E-state index contributed by atoms with van der Waals surface area (Å²) in [6.45, 7) is 9.77. The van der Waals surface area contributed by atoms with E-state index < -0.39 is 18.2 Å². The van der Waals surface area contributed by atoms with E-state index >= 15 is 0 Å². The molecule has 134 valence electrons. The highest BCUT2D eigenvalue weighted by atomic mass is 16.6. The van der Waals surface area contributed by atoms with Crippen molar-refractivity contribution in [2.45, 2.75) is 59.3 Å². The molecule has 1 aromatic rings. The van der Waals surface area contributed by atoms with Crippen LogP contribution in [-0.2, 0) is 19.1 Å². The number of benzene rings is 1. The average Bonchev–Trinajstić information content (AvgIpc) is 2.54. The molecule has 0 saturated carbocycles. The van der Waals surface area contributed by atoms with E-state index in [0.717, 1.165) is 12.0 Å². The molecule has 0 aliphatic carbocycles. The maximum absolute atomic E-state index is 12.2. The largest absolute Gasteiger partial charge is 0.451 e. The minimum Gasteiger partial charge on any atom is -0.451 e. The van der Waals surface area contributed by atoms with Crippen LogP contribution in [0.2, 0.25) is 0 Å². The van der Waals surface area contributed by atoms with Gasteiger partial charge in [0.05, 0.1) is 6.04 Å². The molecule has 1 aromatic carbocycles. The molecule has 0 bridgehead atoms. The SMILES string of the molecule is CC(C)CCOC(C)C(=O)OC(C)C(=O)NC(C)c1ccccc1. The quantitative estimate of drug-likeness (QED) is 0.704. The first-order chi connectivity index (χ1) is 11.3. The third-order valence-electron chi connectivity index (χ3n) is 3.72. The zero-order valence-electron chi connectivity index (χ0n) is 15.2. The summed E-state index contributed by atoms with van der Waals surface area (Å²) in [5.74, 6) is -0.333. The molecule has 0 aliphatic rings. The van der Waals surface area contributed by atoms with E-state index in [2.05, 4.69) is 19.2 Å². The summed E-state index contributed by atoms with van der Waals surface area (Å²) in [4.78, 5) is 24.1. The highest BCUT2D eigenvalue weighted by Gasteiger charge is 2.23. The van der Waals surface area contributed by atoms with E-state index in [9.17, 15) is 9.59 Å². The van der Waals surface area contributed by atoms with Crippen molar-refractivity contribution in [1.29, 1.82) is 0 Å². The van der Waals surface area contributed by atoms with Crippen molar-refractivity contribution >= 4 is 11.9 Å². The summed E-state index contributed by atoms with van der Waals surface area (Å²) < 4.78 is 10.6. The van der Waals surface area contributed by atoms with Crippen LogP contribution in [0, 0.1) is 5.92 Å². The van der Waals surface area contributed by atoms with Crippen molar-refractivity contribution < 1.29 is 19.1 Å². The molecule has 0 aliphatic heterocycles. The minimum absolute atomic E-state index is 0.153. The van der Waals surface area contributed by atoms with Gasteiger partial charge < -0.3 is 14.8 Å². The first-order valence-electron chi connectivity index (χ1n) is 8.48. The Hall–Kier alpha value is -1.88. The molecule has 3 atom stereocenters. The molecule has 3 unspecified atom stereocenters. The number of carbonyl (C=O) groups is 2. The van der Waals surface area contributed by atoms with Gasteiger partial charge in [0.25, 0.3) is 5.91 Å². The van der Waals surface area contributed by atoms with Gasteiger partial charge in [-0.1, -0.05) is 44.2 Å². The smallest absolute Gasteiger partial charge is 0.335 e. The Bertz CT molecular complexity index is 515. The fourth-order valence-corrected chi connectivity index (χ4v) is 2.03.